The Bertz CT molecular complexity index is 871. The van der Waals surface area contributed by atoms with Gasteiger partial charge in [0.25, 0.3) is 0 Å². The lowest BCUT2D eigenvalue weighted by Crippen LogP contribution is -2.56. The highest BCUT2D eigenvalue weighted by molar-refractivity contribution is 5.96. The molecule has 1 aromatic carbocycles. The Morgan fingerprint density at radius 3 is 2.71 bits per heavy atom. The third-order valence-electron chi connectivity index (χ3n) is 6.30. The number of aliphatic hydroxyl groups is 2. The first-order valence-electron chi connectivity index (χ1n) is 12.3. The summed E-state index contributed by atoms with van der Waals surface area (Å²) >= 11 is 0. The van der Waals surface area contributed by atoms with Crippen molar-refractivity contribution in [1.82, 2.24) is 10.2 Å². The Morgan fingerprint density at radius 2 is 2.00 bits per heavy atom. The Morgan fingerprint density at radius 1 is 1.24 bits per heavy atom. The SMILES string of the molecule is CCCCC(=O)N(CCCOC(C)C)[C@@H]1C=C(C(=O)NCCO)[C@@H]2c3ccccc3O[C@@H]2[C@H]1O. The van der Waals surface area contributed by atoms with Crippen molar-refractivity contribution >= 4 is 11.8 Å². The molecule has 0 bridgehead atoms. The molecule has 3 N–H and O–H groups in total. The van der Waals surface area contributed by atoms with E-state index in [-0.39, 0.29) is 31.1 Å². The van der Waals surface area contributed by atoms with E-state index in [4.69, 9.17) is 9.47 Å². The molecule has 2 aliphatic rings. The van der Waals surface area contributed by atoms with Crippen LogP contribution >= 0.6 is 0 Å². The second kappa shape index (κ2) is 12.3. The molecule has 8 heteroatoms. The lowest BCUT2D eigenvalue weighted by Gasteiger charge is -2.41. The van der Waals surface area contributed by atoms with Crippen LogP contribution in [0.1, 0.15) is 57.9 Å². The number of carbonyl (C=O) groups excluding carboxylic acids is 2. The number of fused-ring (bicyclic) bond motifs is 3. The number of hydrogen-bond donors (Lipinski definition) is 3. The molecule has 2 amide bonds. The maximum absolute atomic E-state index is 13.2. The van der Waals surface area contributed by atoms with Crippen molar-refractivity contribution in [3.8, 4) is 5.75 Å². The number of nitrogens with zero attached hydrogens (tertiary/aromatic N) is 1. The summed E-state index contributed by atoms with van der Waals surface area (Å²) in [6, 6.07) is 6.75. The number of nitrogens with one attached hydrogen (secondary N) is 1. The van der Waals surface area contributed by atoms with Crippen LogP contribution in [0.5, 0.6) is 5.75 Å². The lowest BCUT2D eigenvalue weighted by molar-refractivity contribution is -0.137. The van der Waals surface area contributed by atoms with Crippen molar-refractivity contribution in [2.75, 3.05) is 26.3 Å². The van der Waals surface area contributed by atoms with Crippen LogP contribution in [0.15, 0.2) is 35.9 Å². The maximum atomic E-state index is 13.2. The van der Waals surface area contributed by atoms with E-state index in [1.165, 1.54) is 0 Å². The predicted octanol–water partition coefficient (Wildman–Crippen LogP) is 2.14. The van der Waals surface area contributed by atoms with Gasteiger partial charge in [0, 0.05) is 37.3 Å². The van der Waals surface area contributed by atoms with Gasteiger partial charge >= 0.3 is 0 Å². The van der Waals surface area contributed by atoms with E-state index >= 15 is 0 Å². The number of unbranched alkanes of at least 4 members (excludes halogenated alkanes) is 1. The van der Waals surface area contributed by atoms with Gasteiger partial charge in [-0.1, -0.05) is 31.5 Å². The zero-order valence-electron chi connectivity index (χ0n) is 20.4. The number of para-hydroxylation sites is 1. The van der Waals surface area contributed by atoms with E-state index in [1.54, 1.807) is 11.0 Å². The Balaban J connectivity index is 1.93. The van der Waals surface area contributed by atoms with Gasteiger partial charge in [0.15, 0.2) is 0 Å². The van der Waals surface area contributed by atoms with Crippen LogP contribution in [0, 0.1) is 0 Å². The fourth-order valence-corrected chi connectivity index (χ4v) is 4.66. The van der Waals surface area contributed by atoms with Gasteiger partial charge < -0.3 is 29.9 Å². The second-order valence-electron chi connectivity index (χ2n) is 9.14. The number of benzene rings is 1. The summed E-state index contributed by atoms with van der Waals surface area (Å²) < 4.78 is 11.8. The molecule has 0 fully saturated rings. The molecule has 0 saturated carbocycles. The largest absolute Gasteiger partial charge is 0.486 e. The van der Waals surface area contributed by atoms with Gasteiger partial charge in [-0.05, 0) is 38.8 Å². The molecule has 4 atom stereocenters. The molecule has 188 valence electrons. The molecule has 0 radical (unpaired) electrons. The molecule has 1 aliphatic carbocycles. The van der Waals surface area contributed by atoms with Gasteiger partial charge in [-0.15, -0.1) is 0 Å². The smallest absolute Gasteiger partial charge is 0.247 e. The zero-order valence-corrected chi connectivity index (χ0v) is 20.4. The first-order chi connectivity index (χ1) is 16.4. The minimum absolute atomic E-state index is 0.0595. The number of carbonyl (C=O) groups is 2. The first kappa shape index (κ1) is 26.2. The standard InChI is InChI=1S/C26H38N2O6/c1-4-5-11-22(30)28(13-8-15-33-17(2)3)20-16-19(26(32)27-12-14-29)23-18-9-6-7-10-21(18)34-25(23)24(20)31/h6-7,9-10,16-17,20,23-25,29,31H,4-5,8,11-15H2,1-3H3,(H,27,32)/t20-,23+,24+,25+/m1/s1. The van der Waals surface area contributed by atoms with Crippen molar-refractivity contribution in [1.29, 1.82) is 0 Å². The minimum Gasteiger partial charge on any atom is -0.486 e. The monoisotopic (exact) mass is 474 g/mol. The highest BCUT2D eigenvalue weighted by Gasteiger charge is 2.50. The van der Waals surface area contributed by atoms with Crippen molar-refractivity contribution in [3.05, 3.63) is 41.5 Å². The minimum atomic E-state index is -0.997. The van der Waals surface area contributed by atoms with Gasteiger partial charge in [0.05, 0.1) is 24.7 Å². The van der Waals surface area contributed by atoms with Gasteiger partial charge in [-0.3, -0.25) is 9.59 Å². The molecule has 3 rings (SSSR count). The molecule has 8 nitrogen and oxygen atoms in total. The van der Waals surface area contributed by atoms with Crippen LogP contribution in [-0.4, -0.2) is 77.6 Å². The molecule has 1 aromatic rings. The summed E-state index contributed by atoms with van der Waals surface area (Å²) in [6.07, 6.45) is 2.77. The Kier molecular flexibility index (Phi) is 9.50. The molecule has 1 aliphatic heterocycles. The molecule has 34 heavy (non-hydrogen) atoms. The zero-order chi connectivity index (χ0) is 24.7. The third-order valence-corrected chi connectivity index (χ3v) is 6.30. The van der Waals surface area contributed by atoms with Crippen LogP contribution < -0.4 is 10.1 Å². The highest BCUT2D eigenvalue weighted by atomic mass is 16.5. The van der Waals surface area contributed by atoms with E-state index in [9.17, 15) is 19.8 Å². The third kappa shape index (κ3) is 5.98. The van der Waals surface area contributed by atoms with Crippen LogP contribution in [0.2, 0.25) is 0 Å². The lowest BCUT2D eigenvalue weighted by atomic mass is 9.77. The number of rotatable bonds is 12. The molecule has 0 aromatic heterocycles. The average molecular weight is 475 g/mol. The summed E-state index contributed by atoms with van der Waals surface area (Å²) in [5.74, 6) is -0.202. The van der Waals surface area contributed by atoms with E-state index in [2.05, 4.69) is 5.32 Å². The van der Waals surface area contributed by atoms with E-state index in [0.29, 0.717) is 37.3 Å². The molecule has 0 saturated heterocycles. The maximum Gasteiger partial charge on any atom is 0.247 e. The summed E-state index contributed by atoms with van der Waals surface area (Å²) in [7, 11) is 0. The van der Waals surface area contributed by atoms with Crippen molar-refractivity contribution < 1.29 is 29.3 Å². The van der Waals surface area contributed by atoms with Crippen molar-refractivity contribution in [2.45, 2.75) is 76.7 Å². The van der Waals surface area contributed by atoms with Crippen molar-refractivity contribution in [3.63, 3.8) is 0 Å². The van der Waals surface area contributed by atoms with Crippen LogP contribution in [0.3, 0.4) is 0 Å². The first-order valence-corrected chi connectivity index (χ1v) is 12.3. The van der Waals surface area contributed by atoms with Gasteiger partial charge in [0.2, 0.25) is 11.8 Å². The number of aliphatic hydroxyl groups excluding tert-OH is 2. The Hall–Kier alpha value is -2.42. The molecular weight excluding hydrogens is 436 g/mol. The fourth-order valence-electron chi connectivity index (χ4n) is 4.66. The van der Waals surface area contributed by atoms with Gasteiger partial charge in [0.1, 0.15) is 18.0 Å². The fraction of sp³-hybridized carbons (Fsp3) is 0.615. The normalized spacial score (nSPS) is 23.1. The van der Waals surface area contributed by atoms with E-state index in [0.717, 1.165) is 18.4 Å². The van der Waals surface area contributed by atoms with Gasteiger partial charge in [-0.2, -0.15) is 0 Å². The number of amides is 2. The quantitative estimate of drug-likeness (QED) is 0.401. The average Bonchev–Trinajstić information content (AvgIpc) is 3.22. The molecule has 0 unspecified atom stereocenters. The summed E-state index contributed by atoms with van der Waals surface area (Å²) in [5.41, 5.74) is 1.29. The number of hydrogen-bond acceptors (Lipinski definition) is 6. The second-order valence-corrected chi connectivity index (χ2v) is 9.14. The highest BCUT2D eigenvalue weighted by Crippen LogP contribution is 2.47. The van der Waals surface area contributed by atoms with Crippen molar-refractivity contribution in [2.24, 2.45) is 0 Å². The molecule has 1 heterocycles. The van der Waals surface area contributed by atoms with Crippen LogP contribution in [-0.2, 0) is 14.3 Å². The predicted molar refractivity (Wildman–Crippen MR) is 129 cm³/mol. The summed E-state index contributed by atoms with van der Waals surface area (Å²) in [6.45, 7) is 6.80. The van der Waals surface area contributed by atoms with Crippen LogP contribution in [0.25, 0.3) is 0 Å². The Labute approximate surface area is 201 Å². The summed E-state index contributed by atoms with van der Waals surface area (Å²) in [5, 5.41) is 23.3. The van der Waals surface area contributed by atoms with E-state index in [1.807, 2.05) is 45.0 Å². The topological polar surface area (TPSA) is 108 Å². The summed E-state index contributed by atoms with van der Waals surface area (Å²) in [4.78, 5) is 28.0. The molecular formula is C26H38N2O6. The van der Waals surface area contributed by atoms with E-state index < -0.39 is 24.2 Å². The number of ether oxygens (including phenoxy) is 2. The molecule has 0 spiro atoms. The van der Waals surface area contributed by atoms with Crippen LogP contribution in [0.4, 0.5) is 0 Å². The van der Waals surface area contributed by atoms with Gasteiger partial charge in [-0.25, -0.2) is 0 Å².